The van der Waals surface area contributed by atoms with E-state index >= 15 is 0 Å². The molecular formula is C21H30O13. The summed E-state index contributed by atoms with van der Waals surface area (Å²) in [4.78, 5) is 72.4. The molecule has 1 fully saturated rings. The zero-order valence-electron chi connectivity index (χ0n) is 19.9. The van der Waals surface area contributed by atoms with Crippen molar-refractivity contribution in [2.75, 3.05) is 19.8 Å². The van der Waals surface area contributed by atoms with E-state index in [0.29, 0.717) is 0 Å². The van der Waals surface area contributed by atoms with Crippen molar-refractivity contribution in [1.29, 1.82) is 0 Å². The van der Waals surface area contributed by atoms with Crippen molar-refractivity contribution in [2.45, 2.75) is 72.1 Å². The maximum Gasteiger partial charge on any atom is 0.323 e. The first-order valence-electron chi connectivity index (χ1n) is 10.6. The normalized spacial score (nSPS) is 23.9. The number of hydrogen-bond acceptors (Lipinski definition) is 13. The predicted octanol–water partition coefficient (Wildman–Crippen LogP) is -0.146. The van der Waals surface area contributed by atoms with Gasteiger partial charge in [0.15, 0.2) is 24.2 Å². The Morgan fingerprint density at radius 1 is 0.647 bits per heavy atom. The van der Waals surface area contributed by atoms with E-state index in [9.17, 15) is 28.8 Å². The summed E-state index contributed by atoms with van der Waals surface area (Å²) in [6, 6.07) is 0. The second-order valence-electron chi connectivity index (χ2n) is 7.15. The quantitative estimate of drug-likeness (QED) is 0.225. The van der Waals surface area contributed by atoms with Crippen molar-refractivity contribution in [2.24, 2.45) is 5.92 Å². The molecule has 0 amide bonds. The van der Waals surface area contributed by atoms with Gasteiger partial charge in [-0.05, 0) is 13.8 Å². The van der Waals surface area contributed by atoms with E-state index < -0.39 is 78.9 Å². The van der Waals surface area contributed by atoms with Crippen LogP contribution in [0, 0.1) is 5.92 Å². The van der Waals surface area contributed by atoms with Gasteiger partial charge in [-0.1, -0.05) is 0 Å². The second kappa shape index (κ2) is 13.5. The van der Waals surface area contributed by atoms with E-state index in [2.05, 4.69) is 0 Å². The number of rotatable bonds is 10. The maximum absolute atomic E-state index is 12.7. The lowest BCUT2D eigenvalue weighted by atomic mass is 9.87. The molecule has 0 aromatic heterocycles. The van der Waals surface area contributed by atoms with Crippen LogP contribution in [0.25, 0.3) is 0 Å². The SMILES string of the molecule is CCOC(=O)C(C(=O)OCC)[C@@H]1O[C@H](COC(C)=O)[C@@H](OC(C)=O)[C@H](OC(C)=O)[C@H]1OC(C)=O. The highest BCUT2D eigenvalue weighted by Crippen LogP contribution is 2.33. The summed E-state index contributed by atoms with van der Waals surface area (Å²) in [6.45, 7) is 6.59. The van der Waals surface area contributed by atoms with Crippen LogP contribution in [0.15, 0.2) is 0 Å². The first-order valence-corrected chi connectivity index (χ1v) is 10.6. The highest BCUT2D eigenvalue weighted by Gasteiger charge is 2.57. The maximum atomic E-state index is 12.7. The van der Waals surface area contributed by atoms with Gasteiger partial charge in [-0.25, -0.2) is 0 Å². The molecule has 0 aromatic rings. The summed E-state index contributed by atoms with van der Waals surface area (Å²) < 4.78 is 36.6. The number of hydrogen-bond donors (Lipinski definition) is 0. The van der Waals surface area contributed by atoms with E-state index in [-0.39, 0.29) is 13.2 Å². The molecule has 192 valence electrons. The smallest absolute Gasteiger partial charge is 0.323 e. The van der Waals surface area contributed by atoms with Crippen LogP contribution >= 0.6 is 0 Å². The average molecular weight is 490 g/mol. The van der Waals surface area contributed by atoms with Crippen LogP contribution in [0.2, 0.25) is 0 Å². The monoisotopic (exact) mass is 490 g/mol. The molecule has 0 aliphatic carbocycles. The standard InChI is InChI=1S/C21H30O13/c1-7-28-20(26)15(21(27)29-8-2)17-19(33-13(6)25)18(32-12(5)24)16(31-11(4)23)14(34-17)9-30-10(3)22/h14-19H,7-9H2,1-6H3/t14-,16-,17+,18+,19+/m1/s1. The third kappa shape index (κ3) is 8.28. The molecule has 34 heavy (non-hydrogen) atoms. The minimum atomic E-state index is -1.78. The molecule has 0 saturated carbocycles. The average Bonchev–Trinajstić information content (AvgIpc) is 2.70. The van der Waals surface area contributed by atoms with Crippen molar-refractivity contribution in [3.8, 4) is 0 Å². The third-order valence-electron chi connectivity index (χ3n) is 4.44. The molecule has 0 aromatic carbocycles. The summed E-state index contributed by atoms with van der Waals surface area (Å²) in [6.07, 6.45) is -7.49. The van der Waals surface area contributed by atoms with Gasteiger partial charge in [0.25, 0.3) is 0 Å². The molecule has 1 saturated heterocycles. The van der Waals surface area contributed by atoms with Gasteiger partial charge in [0, 0.05) is 27.7 Å². The van der Waals surface area contributed by atoms with Crippen LogP contribution in [-0.2, 0) is 61.9 Å². The van der Waals surface area contributed by atoms with Crippen LogP contribution in [0.5, 0.6) is 0 Å². The fourth-order valence-electron chi connectivity index (χ4n) is 3.36. The highest BCUT2D eigenvalue weighted by atomic mass is 16.7. The molecule has 0 spiro atoms. The molecule has 0 N–H and O–H groups in total. The Morgan fingerprint density at radius 2 is 1.09 bits per heavy atom. The highest BCUT2D eigenvalue weighted by molar-refractivity contribution is 5.96. The Hall–Kier alpha value is -3.22. The van der Waals surface area contributed by atoms with Crippen LogP contribution in [-0.4, -0.2) is 86.2 Å². The molecular weight excluding hydrogens is 460 g/mol. The zero-order valence-corrected chi connectivity index (χ0v) is 19.9. The molecule has 1 aliphatic rings. The minimum Gasteiger partial charge on any atom is -0.465 e. The van der Waals surface area contributed by atoms with Crippen molar-refractivity contribution in [3.05, 3.63) is 0 Å². The van der Waals surface area contributed by atoms with Crippen LogP contribution < -0.4 is 0 Å². The van der Waals surface area contributed by atoms with Gasteiger partial charge in [0.05, 0.1) is 13.2 Å². The van der Waals surface area contributed by atoms with E-state index in [4.69, 9.17) is 33.2 Å². The van der Waals surface area contributed by atoms with Crippen LogP contribution in [0.1, 0.15) is 41.5 Å². The fourth-order valence-corrected chi connectivity index (χ4v) is 3.36. The van der Waals surface area contributed by atoms with E-state index in [0.717, 1.165) is 27.7 Å². The molecule has 5 atom stereocenters. The van der Waals surface area contributed by atoms with Gasteiger partial charge in [0.2, 0.25) is 0 Å². The number of carbonyl (C=O) groups excluding carboxylic acids is 6. The number of ether oxygens (including phenoxy) is 7. The van der Waals surface area contributed by atoms with Crippen LogP contribution in [0.3, 0.4) is 0 Å². The van der Waals surface area contributed by atoms with Gasteiger partial charge in [-0.3, -0.25) is 28.8 Å². The van der Waals surface area contributed by atoms with Crippen molar-refractivity contribution < 1.29 is 61.9 Å². The van der Waals surface area contributed by atoms with Crippen LogP contribution in [0.4, 0.5) is 0 Å². The van der Waals surface area contributed by atoms with Crippen molar-refractivity contribution >= 4 is 35.8 Å². The zero-order chi connectivity index (χ0) is 26.0. The van der Waals surface area contributed by atoms with E-state index in [1.807, 2.05) is 0 Å². The number of carbonyl (C=O) groups is 6. The van der Waals surface area contributed by atoms with Gasteiger partial charge in [0.1, 0.15) is 18.8 Å². The third-order valence-corrected chi connectivity index (χ3v) is 4.44. The summed E-state index contributed by atoms with van der Waals surface area (Å²) in [5, 5.41) is 0. The largest absolute Gasteiger partial charge is 0.465 e. The predicted molar refractivity (Wildman–Crippen MR) is 109 cm³/mol. The molecule has 0 radical (unpaired) electrons. The topological polar surface area (TPSA) is 167 Å². The Kier molecular flexibility index (Phi) is 11.4. The van der Waals surface area contributed by atoms with Gasteiger partial charge in [-0.2, -0.15) is 0 Å². The fraction of sp³-hybridized carbons (Fsp3) is 0.714. The Bertz CT molecular complexity index is 759. The molecule has 0 bridgehead atoms. The minimum absolute atomic E-state index is 0.0972. The molecule has 1 aliphatic heterocycles. The van der Waals surface area contributed by atoms with E-state index in [1.54, 1.807) is 0 Å². The second-order valence-corrected chi connectivity index (χ2v) is 7.15. The Balaban J connectivity index is 3.64. The van der Waals surface area contributed by atoms with Gasteiger partial charge >= 0.3 is 35.8 Å². The lowest BCUT2D eigenvalue weighted by molar-refractivity contribution is -0.261. The first-order chi connectivity index (χ1) is 15.9. The summed E-state index contributed by atoms with van der Waals surface area (Å²) in [5.41, 5.74) is 0. The molecule has 1 heterocycles. The van der Waals surface area contributed by atoms with Crippen molar-refractivity contribution in [3.63, 3.8) is 0 Å². The van der Waals surface area contributed by atoms with E-state index in [1.165, 1.54) is 13.8 Å². The van der Waals surface area contributed by atoms with Gasteiger partial charge < -0.3 is 33.2 Å². The summed E-state index contributed by atoms with van der Waals surface area (Å²) in [5.74, 6) is -7.13. The lowest BCUT2D eigenvalue weighted by Crippen LogP contribution is -2.65. The molecule has 0 unspecified atom stereocenters. The number of esters is 6. The van der Waals surface area contributed by atoms with Crippen molar-refractivity contribution in [1.82, 2.24) is 0 Å². The molecule has 1 rings (SSSR count). The summed E-state index contributed by atoms with van der Waals surface area (Å²) >= 11 is 0. The summed E-state index contributed by atoms with van der Waals surface area (Å²) in [7, 11) is 0. The Labute approximate surface area is 196 Å². The Morgan fingerprint density at radius 3 is 1.50 bits per heavy atom. The molecule has 13 heteroatoms. The lowest BCUT2D eigenvalue weighted by Gasteiger charge is -2.45. The molecule has 13 nitrogen and oxygen atoms in total. The first kappa shape index (κ1) is 28.8. The van der Waals surface area contributed by atoms with Gasteiger partial charge in [-0.15, -0.1) is 0 Å².